The highest BCUT2D eigenvalue weighted by Crippen LogP contribution is 2.25. The number of ether oxygens (including phenoxy) is 1. The molecule has 26 heavy (non-hydrogen) atoms. The van der Waals surface area contributed by atoms with Crippen molar-refractivity contribution in [2.75, 3.05) is 7.11 Å². The van der Waals surface area contributed by atoms with Crippen molar-refractivity contribution in [1.29, 1.82) is 0 Å². The highest BCUT2D eigenvalue weighted by Gasteiger charge is 2.19. The molecular weight excluding hydrogens is 322 g/mol. The molecule has 2 aromatic rings. The number of methoxy groups -OCH3 is 1. The number of rotatable bonds is 6. The minimum Gasteiger partial charge on any atom is -0.497 e. The number of amides is 1. The van der Waals surface area contributed by atoms with E-state index >= 15 is 0 Å². The molecule has 0 unspecified atom stereocenters. The molecule has 1 amide bonds. The molecule has 1 N–H and O–H groups in total. The van der Waals surface area contributed by atoms with Gasteiger partial charge in [-0.15, -0.1) is 0 Å². The molecule has 2 aromatic carbocycles. The van der Waals surface area contributed by atoms with Gasteiger partial charge in [0.1, 0.15) is 5.75 Å². The first kappa shape index (κ1) is 18.5. The summed E-state index contributed by atoms with van der Waals surface area (Å²) < 4.78 is 5.25. The lowest BCUT2D eigenvalue weighted by atomic mass is 9.90. The van der Waals surface area contributed by atoms with Crippen LogP contribution in [0.1, 0.15) is 66.2 Å². The number of hydrogen-bond donors (Lipinski definition) is 1. The summed E-state index contributed by atoms with van der Waals surface area (Å²) in [6.07, 6.45) is 5.61. The number of nitrogens with one attached hydrogen (secondary N) is 1. The number of carbonyl (C=O) groups is 1. The summed E-state index contributed by atoms with van der Waals surface area (Å²) in [7, 11) is 1.67. The van der Waals surface area contributed by atoms with Gasteiger partial charge in [-0.05, 0) is 79.0 Å². The van der Waals surface area contributed by atoms with Crippen molar-refractivity contribution < 1.29 is 9.53 Å². The van der Waals surface area contributed by atoms with Gasteiger partial charge in [0.2, 0.25) is 0 Å². The Labute approximate surface area is 156 Å². The van der Waals surface area contributed by atoms with Crippen LogP contribution in [0.15, 0.2) is 42.5 Å². The molecule has 0 bridgehead atoms. The van der Waals surface area contributed by atoms with E-state index in [0.29, 0.717) is 5.92 Å². The lowest BCUT2D eigenvalue weighted by Crippen LogP contribution is -2.29. The van der Waals surface area contributed by atoms with Gasteiger partial charge in [-0.3, -0.25) is 4.79 Å². The molecule has 0 saturated heterocycles. The van der Waals surface area contributed by atoms with Crippen LogP contribution >= 0.6 is 0 Å². The molecule has 0 aromatic heterocycles. The predicted octanol–water partition coefficient (Wildman–Crippen LogP) is 5.09. The van der Waals surface area contributed by atoms with Crippen molar-refractivity contribution in [3.05, 3.63) is 64.7 Å². The smallest absolute Gasteiger partial charge is 0.251 e. The fourth-order valence-electron chi connectivity index (χ4n) is 3.70. The van der Waals surface area contributed by atoms with E-state index in [0.717, 1.165) is 36.1 Å². The minimum absolute atomic E-state index is 0.00411. The molecule has 1 atom stereocenters. The van der Waals surface area contributed by atoms with Crippen LogP contribution in [0.3, 0.4) is 0 Å². The zero-order chi connectivity index (χ0) is 18.5. The predicted molar refractivity (Wildman–Crippen MR) is 106 cm³/mol. The fourth-order valence-corrected chi connectivity index (χ4v) is 3.70. The van der Waals surface area contributed by atoms with Gasteiger partial charge in [0, 0.05) is 5.56 Å². The number of carbonyl (C=O) groups excluding carboxylic acids is 1. The van der Waals surface area contributed by atoms with E-state index in [4.69, 9.17) is 4.74 Å². The Balaban J connectivity index is 1.78. The Kier molecular flexibility index (Phi) is 5.97. The molecule has 0 heterocycles. The van der Waals surface area contributed by atoms with Crippen LogP contribution in [0.2, 0.25) is 0 Å². The van der Waals surface area contributed by atoms with Gasteiger partial charge < -0.3 is 10.1 Å². The van der Waals surface area contributed by atoms with E-state index in [9.17, 15) is 4.79 Å². The Hall–Kier alpha value is -2.29. The number of hydrogen-bond acceptors (Lipinski definition) is 2. The lowest BCUT2D eigenvalue weighted by Gasteiger charge is -2.22. The minimum atomic E-state index is 0.00411. The van der Waals surface area contributed by atoms with Crippen LogP contribution in [-0.4, -0.2) is 13.0 Å². The topological polar surface area (TPSA) is 38.3 Å². The first-order chi connectivity index (χ1) is 12.6. The second kappa shape index (κ2) is 8.39. The van der Waals surface area contributed by atoms with E-state index in [-0.39, 0.29) is 11.9 Å². The second-order valence-corrected chi connectivity index (χ2v) is 7.62. The van der Waals surface area contributed by atoms with E-state index in [1.807, 2.05) is 30.3 Å². The van der Waals surface area contributed by atoms with Crippen molar-refractivity contribution in [2.24, 2.45) is 5.92 Å². The van der Waals surface area contributed by atoms with Crippen molar-refractivity contribution in [3.63, 3.8) is 0 Å². The van der Waals surface area contributed by atoms with Gasteiger partial charge >= 0.3 is 0 Å². The van der Waals surface area contributed by atoms with E-state index in [1.165, 1.54) is 24.0 Å². The van der Waals surface area contributed by atoms with Crippen molar-refractivity contribution >= 4 is 5.91 Å². The maximum atomic E-state index is 12.9. The first-order valence-electron chi connectivity index (χ1n) is 9.63. The van der Waals surface area contributed by atoms with Gasteiger partial charge in [-0.2, -0.15) is 0 Å². The molecule has 0 saturated carbocycles. The molecular formula is C23H29NO2. The molecule has 0 radical (unpaired) electrons. The van der Waals surface area contributed by atoms with Gasteiger partial charge in [0.25, 0.3) is 5.91 Å². The molecule has 1 aliphatic rings. The fraction of sp³-hybridized carbons (Fsp3) is 0.435. The highest BCUT2D eigenvalue weighted by molar-refractivity contribution is 5.94. The standard InChI is InChI=1S/C23H29NO2/c1-16(2)14-22(18-10-12-21(26-3)13-11-18)24-23(25)20-9-8-17-6-4-5-7-19(17)15-20/h8-13,15-16,22H,4-7,14H2,1-3H3,(H,24,25)/t22-/m1/s1. The molecule has 3 heteroatoms. The van der Waals surface area contributed by atoms with Crippen molar-refractivity contribution in [1.82, 2.24) is 5.32 Å². The zero-order valence-corrected chi connectivity index (χ0v) is 16.0. The summed E-state index contributed by atoms with van der Waals surface area (Å²) in [5.74, 6) is 1.34. The summed E-state index contributed by atoms with van der Waals surface area (Å²) in [5.41, 5.74) is 4.63. The average molecular weight is 351 g/mol. The van der Waals surface area contributed by atoms with Crippen LogP contribution in [-0.2, 0) is 12.8 Å². The lowest BCUT2D eigenvalue weighted by molar-refractivity contribution is 0.0932. The second-order valence-electron chi connectivity index (χ2n) is 7.62. The third kappa shape index (κ3) is 4.46. The van der Waals surface area contributed by atoms with Crippen molar-refractivity contribution in [3.8, 4) is 5.75 Å². The zero-order valence-electron chi connectivity index (χ0n) is 16.0. The molecule has 3 rings (SSSR count). The molecule has 138 valence electrons. The summed E-state index contributed by atoms with van der Waals surface area (Å²) >= 11 is 0. The molecule has 0 aliphatic heterocycles. The number of aryl methyl sites for hydroxylation is 2. The number of benzene rings is 2. The maximum absolute atomic E-state index is 12.9. The largest absolute Gasteiger partial charge is 0.497 e. The van der Waals surface area contributed by atoms with Crippen molar-refractivity contribution in [2.45, 2.75) is 52.0 Å². The average Bonchev–Trinajstić information content (AvgIpc) is 2.66. The number of fused-ring (bicyclic) bond motifs is 1. The van der Waals surface area contributed by atoms with E-state index in [1.54, 1.807) is 7.11 Å². The van der Waals surface area contributed by atoms with Crippen LogP contribution in [0, 0.1) is 5.92 Å². The normalized spacial score (nSPS) is 14.6. The van der Waals surface area contributed by atoms with Gasteiger partial charge in [0.05, 0.1) is 13.2 Å². The molecule has 3 nitrogen and oxygen atoms in total. The Morgan fingerprint density at radius 1 is 1.04 bits per heavy atom. The van der Waals surface area contributed by atoms with Gasteiger partial charge in [-0.1, -0.05) is 32.0 Å². The quantitative estimate of drug-likeness (QED) is 0.787. The summed E-state index contributed by atoms with van der Waals surface area (Å²) in [6.45, 7) is 4.36. The highest BCUT2D eigenvalue weighted by atomic mass is 16.5. The Morgan fingerprint density at radius 2 is 1.73 bits per heavy atom. The SMILES string of the molecule is COc1ccc([C@@H](CC(C)C)NC(=O)c2ccc3c(c2)CCCC3)cc1. The summed E-state index contributed by atoms with van der Waals surface area (Å²) in [4.78, 5) is 12.9. The summed E-state index contributed by atoms with van der Waals surface area (Å²) in [6, 6.07) is 14.2. The molecule has 1 aliphatic carbocycles. The van der Waals surface area contributed by atoms with Gasteiger partial charge in [0.15, 0.2) is 0 Å². The monoisotopic (exact) mass is 351 g/mol. The Bertz CT molecular complexity index is 749. The van der Waals surface area contributed by atoms with Crippen LogP contribution in [0.25, 0.3) is 0 Å². The van der Waals surface area contributed by atoms with Crippen LogP contribution < -0.4 is 10.1 Å². The summed E-state index contributed by atoms with van der Waals surface area (Å²) in [5, 5.41) is 3.25. The Morgan fingerprint density at radius 3 is 2.38 bits per heavy atom. The third-order valence-corrected chi connectivity index (χ3v) is 5.14. The van der Waals surface area contributed by atoms with Crippen LogP contribution in [0.4, 0.5) is 0 Å². The van der Waals surface area contributed by atoms with E-state index in [2.05, 4.69) is 31.3 Å². The molecule has 0 fully saturated rings. The van der Waals surface area contributed by atoms with Crippen LogP contribution in [0.5, 0.6) is 5.75 Å². The molecule has 0 spiro atoms. The first-order valence-corrected chi connectivity index (χ1v) is 9.63. The maximum Gasteiger partial charge on any atom is 0.251 e. The van der Waals surface area contributed by atoms with E-state index < -0.39 is 0 Å². The third-order valence-electron chi connectivity index (χ3n) is 5.14. The van der Waals surface area contributed by atoms with Gasteiger partial charge in [-0.25, -0.2) is 0 Å².